The normalized spacial score (nSPS) is 14.0. The first kappa shape index (κ1) is 22.5. The molecule has 9 heteroatoms. The van der Waals surface area contributed by atoms with Gasteiger partial charge in [-0.25, -0.2) is 9.50 Å². The number of nitriles is 1. The maximum atomic E-state index is 9.89. The highest BCUT2D eigenvalue weighted by molar-refractivity contribution is 5.85. The molecule has 4 heterocycles. The summed E-state index contributed by atoms with van der Waals surface area (Å²) >= 11 is 0. The van der Waals surface area contributed by atoms with Gasteiger partial charge in [-0.1, -0.05) is 12.1 Å². The zero-order valence-corrected chi connectivity index (χ0v) is 19.1. The smallest absolute Gasteiger partial charge is 0.175 e. The van der Waals surface area contributed by atoms with Gasteiger partial charge in [0.25, 0.3) is 0 Å². The highest BCUT2D eigenvalue weighted by Gasteiger charge is 2.25. The molecule has 1 aliphatic rings. The number of rotatable bonds is 5. The van der Waals surface area contributed by atoms with Crippen molar-refractivity contribution in [1.82, 2.24) is 24.5 Å². The minimum atomic E-state index is 0. The Balaban J connectivity index is 0.00000259. The van der Waals surface area contributed by atoms with E-state index in [4.69, 9.17) is 9.84 Å². The Kier molecular flexibility index (Phi) is 6.73. The van der Waals surface area contributed by atoms with E-state index >= 15 is 0 Å². The lowest BCUT2D eigenvalue weighted by Gasteiger charge is -2.35. The summed E-state index contributed by atoms with van der Waals surface area (Å²) in [5.74, 6) is 1.57. The Labute approximate surface area is 198 Å². The Bertz CT molecular complexity index is 1280. The molecule has 0 bridgehead atoms. The minimum absolute atomic E-state index is 0. The molecule has 0 amide bonds. The van der Waals surface area contributed by atoms with Gasteiger partial charge in [-0.05, 0) is 35.9 Å². The minimum Gasteiger partial charge on any atom is -0.497 e. The first-order valence-electron chi connectivity index (χ1n) is 10.6. The van der Waals surface area contributed by atoms with Gasteiger partial charge in [0, 0.05) is 56.9 Å². The maximum Gasteiger partial charge on any atom is 0.175 e. The summed E-state index contributed by atoms with van der Waals surface area (Å²) in [6, 6.07) is 16.3. The van der Waals surface area contributed by atoms with Gasteiger partial charge in [-0.15, -0.1) is 17.5 Å². The van der Waals surface area contributed by atoms with Gasteiger partial charge >= 0.3 is 0 Å². The van der Waals surface area contributed by atoms with E-state index in [1.807, 2.05) is 30.3 Å². The second kappa shape index (κ2) is 9.86. The van der Waals surface area contributed by atoms with Crippen LogP contribution in [0.3, 0.4) is 0 Å². The van der Waals surface area contributed by atoms with Crippen LogP contribution in [0.15, 0.2) is 61.1 Å². The van der Waals surface area contributed by atoms with E-state index < -0.39 is 0 Å². The third-order valence-corrected chi connectivity index (χ3v) is 5.78. The van der Waals surface area contributed by atoms with Crippen molar-refractivity contribution in [2.24, 2.45) is 0 Å². The van der Waals surface area contributed by atoms with Crippen molar-refractivity contribution in [2.45, 2.75) is 6.54 Å². The highest BCUT2D eigenvalue weighted by Crippen LogP contribution is 2.27. The van der Waals surface area contributed by atoms with Crippen LogP contribution in [-0.2, 0) is 6.54 Å². The predicted octanol–water partition coefficient (Wildman–Crippen LogP) is 3.42. The second-order valence-electron chi connectivity index (χ2n) is 7.73. The zero-order valence-electron chi connectivity index (χ0n) is 18.3. The number of hydrogen-bond donors (Lipinski definition) is 0. The number of benzene rings is 1. The van der Waals surface area contributed by atoms with Gasteiger partial charge in [0.15, 0.2) is 11.5 Å². The van der Waals surface area contributed by atoms with E-state index in [-0.39, 0.29) is 12.4 Å². The first-order valence-corrected chi connectivity index (χ1v) is 10.6. The van der Waals surface area contributed by atoms with Gasteiger partial charge in [0.05, 0.1) is 12.8 Å². The fourth-order valence-corrected chi connectivity index (χ4v) is 4.14. The largest absolute Gasteiger partial charge is 0.497 e. The molecule has 0 saturated carbocycles. The standard InChI is InChI=1S/C24H23N7O.ClH/c1-32-20-6-2-4-18(14-20)17-29-10-12-30(13-11-29)24-21(15-25)23-27-9-7-22(31(23)28-24)19-5-3-8-26-16-19;/h2-9,14,16H,10-13,17H2,1H3;1H. The summed E-state index contributed by atoms with van der Waals surface area (Å²) in [5, 5.41) is 14.7. The van der Waals surface area contributed by atoms with E-state index in [0.29, 0.717) is 17.0 Å². The fourth-order valence-electron chi connectivity index (χ4n) is 4.14. The summed E-state index contributed by atoms with van der Waals surface area (Å²) in [6.45, 7) is 4.24. The molecule has 168 valence electrons. The van der Waals surface area contributed by atoms with Crippen LogP contribution in [-0.4, -0.2) is 57.8 Å². The molecule has 8 nitrogen and oxygen atoms in total. The van der Waals surface area contributed by atoms with Crippen molar-refractivity contribution in [3.63, 3.8) is 0 Å². The number of pyridine rings is 1. The molecule has 1 saturated heterocycles. The van der Waals surface area contributed by atoms with Crippen LogP contribution in [0.2, 0.25) is 0 Å². The second-order valence-corrected chi connectivity index (χ2v) is 7.73. The van der Waals surface area contributed by atoms with Crippen molar-refractivity contribution in [2.75, 3.05) is 38.2 Å². The average Bonchev–Trinajstić information content (AvgIpc) is 3.24. The summed E-state index contributed by atoms with van der Waals surface area (Å²) in [4.78, 5) is 13.3. The summed E-state index contributed by atoms with van der Waals surface area (Å²) < 4.78 is 7.09. The molecule has 5 rings (SSSR count). The lowest BCUT2D eigenvalue weighted by molar-refractivity contribution is 0.249. The van der Waals surface area contributed by atoms with Crippen molar-refractivity contribution >= 4 is 23.9 Å². The van der Waals surface area contributed by atoms with E-state index in [0.717, 1.165) is 49.7 Å². The van der Waals surface area contributed by atoms with Crippen molar-refractivity contribution < 1.29 is 4.74 Å². The Morgan fingerprint density at radius 2 is 1.91 bits per heavy atom. The number of fused-ring (bicyclic) bond motifs is 1. The molecule has 0 spiro atoms. The summed E-state index contributed by atoms with van der Waals surface area (Å²) in [6.07, 6.45) is 5.25. The van der Waals surface area contributed by atoms with Crippen LogP contribution in [0, 0.1) is 11.3 Å². The lowest BCUT2D eigenvalue weighted by atomic mass is 10.2. The molecular weight excluding hydrogens is 438 g/mol. The lowest BCUT2D eigenvalue weighted by Crippen LogP contribution is -2.46. The maximum absolute atomic E-state index is 9.89. The average molecular weight is 462 g/mol. The number of nitrogens with zero attached hydrogens (tertiary/aromatic N) is 7. The quantitative estimate of drug-likeness (QED) is 0.450. The molecule has 1 aromatic carbocycles. The topological polar surface area (TPSA) is 82.6 Å². The number of hydrogen-bond acceptors (Lipinski definition) is 7. The zero-order chi connectivity index (χ0) is 21.9. The molecule has 3 aromatic heterocycles. The molecule has 1 aliphatic heterocycles. The number of anilines is 1. The SMILES string of the molecule is COc1cccc(CN2CCN(c3nn4c(-c5cccnc5)ccnc4c3C#N)CC2)c1.Cl. The number of ether oxygens (including phenoxy) is 1. The molecule has 0 N–H and O–H groups in total. The van der Waals surface area contributed by atoms with Crippen molar-refractivity contribution in [3.05, 3.63) is 72.2 Å². The third kappa shape index (κ3) is 4.46. The Hall–Kier alpha value is -3.67. The van der Waals surface area contributed by atoms with Crippen LogP contribution in [0.4, 0.5) is 5.82 Å². The van der Waals surface area contributed by atoms with E-state index in [1.165, 1.54) is 5.56 Å². The molecule has 0 unspecified atom stereocenters. The highest BCUT2D eigenvalue weighted by atomic mass is 35.5. The van der Waals surface area contributed by atoms with Crippen LogP contribution in [0.25, 0.3) is 16.9 Å². The Morgan fingerprint density at radius 3 is 2.64 bits per heavy atom. The number of methoxy groups -OCH3 is 1. The van der Waals surface area contributed by atoms with Gasteiger partial charge in [-0.2, -0.15) is 5.26 Å². The fraction of sp³-hybridized carbons (Fsp3) is 0.250. The molecular formula is C24H24ClN7O. The summed E-state index contributed by atoms with van der Waals surface area (Å²) in [5.41, 5.74) is 4.11. The number of halogens is 1. The van der Waals surface area contributed by atoms with Crippen molar-refractivity contribution in [3.8, 4) is 23.1 Å². The molecule has 0 atom stereocenters. The van der Waals surface area contributed by atoms with Crippen LogP contribution >= 0.6 is 12.4 Å². The van der Waals surface area contributed by atoms with Gasteiger partial charge < -0.3 is 9.64 Å². The van der Waals surface area contributed by atoms with E-state index in [1.54, 1.807) is 30.2 Å². The van der Waals surface area contributed by atoms with Gasteiger partial charge in [-0.3, -0.25) is 9.88 Å². The van der Waals surface area contributed by atoms with Crippen LogP contribution in [0.5, 0.6) is 5.75 Å². The van der Waals surface area contributed by atoms with Crippen LogP contribution in [0.1, 0.15) is 11.1 Å². The van der Waals surface area contributed by atoms with Crippen molar-refractivity contribution in [1.29, 1.82) is 5.26 Å². The van der Waals surface area contributed by atoms with E-state index in [9.17, 15) is 5.26 Å². The number of piperazine rings is 1. The van der Waals surface area contributed by atoms with Gasteiger partial charge in [0.1, 0.15) is 17.4 Å². The Morgan fingerprint density at radius 1 is 1.06 bits per heavy atom. The number of aromatic nitrogens is 4. The van der Waals surface area contributed by atoms with E-state index in [2.05, 4.69) is 38.0 Å². The third-order valence-electron chi connectivity index (χ3n) is 5.78. The van der Waals surface area contributed by atoms with Crippen LogP contribution < -0.4 is 9.64 Å². The molecule has 1 fully saturated rings. The summed E-state index contributed by atoms with van der Waals surface area (Å²) in [7, 11) is 1.69. The molecule has 4 aromatic rings. The molecule has 0 radical (unpaired) electrons. The monoisotopic (exact) mass is 461 g/mol. The first-order chi connectivity index (χ1) is 15.8. The van der Waals surface area contributed by atoms with Gasteiger partial charge in [0.2, 0.25) is 0 Å². The molecule has 0 aliphatic carbocycles. The molecule has 33 heavy (non-hydrogen) atoms. The predicted molar refractivity (Wildman–Crippen MR) is 129 cm³/mol.